The summed E-state index contributed by atoms with van der Waals surface area (Å²) >= 11 is 1.66. The van der Waals surface area contributed by atoms with Crippen molar-refractivity contribution in [1.82, 2.24) is 15.2 Å². The second kappa shape index (κ2) is 5.54. The quantitative estimate of drug-likeness (QED) is 0.898. The molecule has 1 aliphatic carbocycles. The number of nitrogens with zero attached hydrogens (tertiary/aromatic N) is 3. The van der Waals surface area contributed by atoms with Crippen molar-refractivity contribution in [3.8, 4) is 6.07 Å². The Morgan fingerprint density at radius 1 is 1.37 bits per heavy atom. The molecule has 0 amide bonds. The third kappa shape index (κ3) is 3.50. The summed E-state index contributed by atoms with van der Waals surface area (Å²) in [7, 11) is 0. The Hall–Kier alpha value is -1.02. The molecule has 1 aromatic heterocycles. The Morgan fingerprint density at radius 3 is 2.63 bits per heavy atom. The lowest BCUT2D eigenvalue weighted by atomic mass is 9.70. The lowest BCUT2D eigenvalue weighted by Crippen LogP contribution is -2.33. The van der Waals surface area contributed by atoms with E-state index >= 15 is 0 Å². The van der Waals surface area contributed by atoms with Gasteiger partial charge >= 0.3 is 0 Å². The van der Waals surface area contributed by atoms with Crippen LogP contribution in [0.25, 0.3) is 0 Å². The average molecular weight is 278 g/mol. The summed E-state index contributed by atoms with van der Waals surface area (Å²) in [6, 6.07) is 2.47. The van der Waals surface area contributed by atoms with E-state index in [9.17, 15) is 5.26 Å². The number of aromatic nitrogens is 3. The topological polar surface area (TPSA) is 65.4 Å². The molecule has 1 fully saturated rings. The minimum Gasteiger partial charge on any atom is -0.262 e. The summed E-state index contributed by atoms with van der Waals surface area (Å²) in [6.07, 6.45) is 3.24. The number of hydrogen-bond acceptors (Lipinski definition) is 4. The molecule has 0 aliphatic heterocycles. The van der Waals surface area contributed by atoms with Crippen LogP contribution in [0.1, 0.15) is 45.9 Å². The molecule has 1 aromatic rings. The molecule has 0 bridgehead atoms. The largest absolute Gasteiger partial charge is 0.262 e. The van der Waals surface area contributed by atoms with Gasteiger partial charge in [0.25, 0.3) is 0 Å². The van der Waals surface area contributed by atoms with Crippen molar-refractivity contribution in [2.75, 3.05) is 0 Å². The summed E-state index contributed by atoms with van der Waals surface area (Å²) in [4.78, 5) is 4.35. The zero-order chi connectivity index (χ0) is 14.0. The van der Waals surface area contributed by atoms with Crippen molar-refractivity contribution in [2.24, 2.45) is 17.3 Å². The first-order chi connectivity index (χ1) is 8.90. The standard InChI is InChI=1S/C14H22N4S/c1-9-16-13(18-17-9)19-12-7-11(14(2,3)4)6-5-10(12)8-15/h10-12H,5-7H2,1-4H3,(H,16,17,18). The molecular weight excluding hydrogens is 256 g/mol. The van der Waals surface area contributed by atoms with E-state index in [-0.39, 0.29) is 5.92 Å². The van der Waals surface area contributed by atoms with Gasteiger partial charge in [0.2, 0.25) is 5.16 Å². The van der Waals surface area contributed by atoms with Crippen molar-refractivity contribution in [2.45, 2.75) is 57.4 Å². The SMILES string of the molecule is Cc1nc(SC2CC(C(C)(C)C)CCC2C#N)n[nH]1. The molecular formula is C14H22N4S. The maximum Gasteiger partial charge on any atom is 0.208 e. The summed E-state index contributed by atoms with van der Waals surface area (Å²) in [5, 5.41) is 17.5. The molecule has 2 rings (SSSR count). The fourth-order valence-corrected chi connectivity index (χ4v) is 3.95. The lowest BCUT2D eigenvalue weighted by Gasteiger charge is -2.39. The van der Waals surface area contributed by atoms with Gasteiger partial charge in [-0.1, -0.05) is 32.5 Å². The van der Waals surface area contributed by atoms with Gasteiger partial charge in [0.1, 0.15) is 5.82 Å². The highest BCUT2D eigenvalue weighted by atomic mass is 32.2. The minimum absolute atomic E-state index is 0.127. The van der Waals surface area contributed by atoms with Crippen molar-refractivity contribution in [3.63, 3.8) is 0 Å². The smallest absolute Gasteiger partial charge is 0.208 e. The van der Waals surface area contributed by atoms with E-state index in [1.165, 1.54) is 0 Å². The van der Waals surface area contributed by atoms with Crippen LogP contribution in [0.15, 0.2) is 5.16 Å². The third-order valence-electron chi connectivity index (χ3n) is 4.02. The highest BCUT2D eigenvalue weighted by Gasteiger charge is 2.37. The van der Waals surface area contributed by atoms with E-state index in [1.807, 2.05) is 6.92 Å². The van der Waals surface area contributed by atoms with Crippen molar-refractivity contribution in [3.05, 3.63) is 5.82 Å². The minimum atomic E-state index is 0.127. The van der Waals surface area contributed by atoms with Gasteiger partial charge in [0, 0.05) is 5.25 Å². The van der Waals surface area contributed by atoms with Gasteiger partial charge in [0.15, 0.2) is 0 Å². The van der Waals surface area contributed by atoms with E-state index in [2.05, 4.69) is 42.0 Å². The Balaban J connectivity index is 2.08. The van der Waals surface area contributed by atoms with Gasteiger partial charge in [-0.05, 0) is 37.5 Å². The first-order valence-corrected chi connectivity index (χ1v) is 7.73. The fourth-order valence-electron chi connectivity index (χ4n) is 2.70. The van der Waals surface area contributed by atoms with Crippen LogP contribution in [0, 0.1) is 35.5 Å². The maximum atomic E-state index is 9.32. The van der Waals surface area contributed by atoms with Gasteiger partial charge in [-0.25, -0.2) is 4.98 Å². The van der Waals surface area contributed by atoms with Crippen LogP contribution in [-0.2, 0) is 0 Å². The molecule has 4 nitrogen and oxygen atoms in total. The Labute approximate surface area is 119 Å². The van der Waals surface area contributed by atoms with Crippen molar-refractivity contribution in [1.29, 1.82) is 5.26 Å². The molecule has 1 aliphatic rings. The van der Waals surface area contributed by atoms with E-state index in [1.54, 1.807) is 11.8 Å². The van der Waals surface area contributed by atoms with Crippen LogP contribution < -0.4 is 0 Å². The number of aryl methyl sites for hydroxylation is 1. The number of thioether (sulfide) groups is 1. The van der Waals surface area contributed by atoms with Crippen molar-refractivity contribution >= 4 is 11.8 Å². The number of hydrogen-bond donors (Lipinski definition) is 1. The molecule has 0 radical (unpaired) electrons. The molecule has 1 heterocycles. The third-order valence-corrected chi connectivity index (χ3v) is 5.23. The molecule has 19 heavy (non-hydrogen) atoms. The van der Waals surface area contributed by atoms with Crippen LogP contribution in [0.5, 0.6) is 0 Å². The zero-order valence-corrected chi connectivity index (χ0v) is 12.9. The Morgan fingerprint density at radius 2 is 2.11 bits per heavy atom. The number of aromatic amines is 1. The van der Waals surface area contributed by atoms with Gasteiger partial charge in [-0.3, -0.25) is 5.10 Å². The van der Waals surface area contributed by atoms with Crippen LogP contribution in [0.3, 0.4) is 0 Å². The highest BCUT2D eigenvalue weighted by molar-refractivity contribution is 7.99. The molecule has 3 atom stereocenters. The Bertz CT molecular complexity index is 469. The lowest BCUT2D eigenvalue weighted by molar-refractivity contribution is 0.169. The van der Waals surface area contributed by atoms with E-state index in [4.69, 9.17) is 0 Å². The van der Waals surface area contributed by atoms with Gasteiger partial charge in [-0.15, -0.1) is 5.10 Å². The maximum absolute atomic E-state index is 9.32. The number of rotatable bonds is 2. The first-order valence-electron chi connectivity index (χ1n) is 6.85. The number of H-pyrrole nitrogens is 1. The second-order valence-corrected chi connectivity index (χ2v) is 7.68. The van der Waals surface area contributed by atoms with E-state index < -0.39 is 0 Å². The molecule has 0 spiro atoms. The molecule has 104 valence electrons. The molecule has 0 saturated heterocycles. The molecule has 0 aromatic carbocycles. The monoisotopic (exact) mass is 278 g/mol. The summed E-state index contributed by atoms with van der Waals surface area (Å²) in [5.74, 6) is 1.64. The molecule has 1 N–H and O–H groups in total. The normalized spacial score (nSPS) is 28.1. The molecule has 1 saturated carbocycles. The molecule has 5 heteroatoms. The van der Waals surface area contributed by atoms with Gasteiger partial charge in [-0.2, -0.15) is 5.26 Å². The number of nitriles is 1. The van der Waals surface area contributed by atoms with Crippen molar-refractivity contribution < 1.29 is 0 Å². The second-order valence-electron chi connectivity index (χ2n) is 6.47. The molecule has 3 unspecified atom stereocenters. The number of nitrogens with one attached hydrogen (secondary N) is 1. The van der Waals surface area contributed by atoms with Crippen LogP contribution in [0.2, 0.25) is 0 Å². The van der Waals surface area contributed by atoms with Gasteiger partial charge in [0.05, 0.1) is 12.0 Å². The zero-order valence-electron chi connectivity index (χ0n) is 12.1. The van der Waals surface area contributed by atoms with E-state index in [0.29, 0.717) is 16.6 Å². The van der Waals surface area contributed by atoms with Crippen LogP contribution in [0.4, 0.5) is 0 Å². The summed E-state index contributed by atoms with van der Waals surface area (Å²) in [5.41, 5.74) is 0.314. The van der Waals surface area contributed by atoms with E-state index in [0.717, 1.165) is 30.2 Å². The average Bonchev–Trinajstić information content (AvgIpc) is 2.73. The van der Waals surface area contributed by atoms with Crippen LogP contribution >= 0.6 is 11.8 Å². The highest BCUT2D eigenvalue weighted by Crippen LogP contribution is 2.44. The summed E-state index contributed by atoms with van der Waals surface area (Å²) in [6.45, 7) is 8.78. The fraction of sp³-hybridized carbons (Fsp3) is 0.786. The first kappa shape index (κ1) is 14.4. The predicted molar refractivity (Wildman–Crippen MR) is 76.7 cm³/mol. The Kier molecular flexibility index (Phi) is 4.19. The van der Waals surface area contributed by atoms with Crippen LogP contribution in [-0.4, -0.2) is 20.4 Å². The predicted octanol–water partition coefficient (Wildman–Crippen LogP) is 3.56. The summed E-state index contributed by atoms with van der Waals surface area (Å²) < 4.78 is 0. The van der Waals surface area contributed by atoms with Gasteiger partial charge < -0.3 is 0 Å².